The van der Waals surface area contributed by atoms with Crippen molar-refractivity contribution in [1.29, 1.82) is 0 Å². The third-order valence-electron chi connectivity index (χ3n) is 4.29. The Kier molecular flexibility index (Phi) is 2.78. The fraction of sp³-hybridized carbons (Fsp3) is 0.278. The van der Waals surface area contributed by atoms with Gasteiger partial charge in [0.2, 0.25) is 0 Å². The quantitative estimate of drug-likeness (QED) is 0.788. The SMILES string of the molecule is Cc1ccc(C2(c3ccc(C)cc3)CCC2=O)cc1. The van der Waals surface area contributed by atoms with E-state index in [2.05, 4.69) is 62.4 Å². The molecule has 0 atom stereocenters. The lowest BCUT2D eigenvalue weighted by molar-refractivity contribution is -0.129. The minimum Gasteiger partial charge on any atom is -0.298 e. The van der Waals surface area contributed by atoms with Gasteiger partial charge in [0.15, 0.2) is 0 Å². The molecular formula is C18H18O. The van der Waals surface area contributed by atoms with Crippen LogP contribution in [0.2, 0.25) is 0 Å². The molecule has 0 amide bonds. The summed E-state index contributed by atoms with van der Waals surface area (Å²) >= 11 is 0. The van der Waals surface area contributed by atoms with Gasteiger partial charge in [0.1, 0.15) is 5.78 Å². The number of carbonyl (C=O) groups excluding carboxylic acids is 1. The van der Waals surface area contributed by atoms with E-state index in [-0.39, 0.29) is 5.41 Å². The molecule has 0 radical (unpaired) electrons. The molecule has 0 N–H and O–H groups in total. The number of rotatable bonds is 2. The topological polar surface area (TPSA) is 17.1 Å². The van der Waals surface area contributed by atoms with Crippen molar-refractivity contribution < 1.29 is 4.79 Å². The predicted octanol–water partition coefficient (Wildman–Crippen LogP) is 3.95. The van der Waals surface area contributed by atoms with Crippen LogP contribution in [-0.4, -0.2) is 5.78 Å². The van der Waals surface area contributed by atoms with E-state index in [4.69, 9.17) is 0 Å². The highest BCUT2D eigenvalue weighted by molar-refractivity contribution is 5.99. The highest BCUT2D eigenvalue weighted by atomic mass is 16.1. The maximum absolute atomic E-state index is 12.3. The first-order valence-corrected chi connectivity index (χ1v) is 6.80. The van der Waals surface area contributed by atoms with Gasteiger partial charge in [0.05, 0.1) is 5.41 Å². The Balaban J connectivity index is 2.12. The van der Waals surface area contributed by atoms with Crippen molar-refractivity contribution in [2.75, 3.05) is 0 Å². The summed E-state index contributed by atoms with van der Waals surface area (Å²) in [4.78, 5) is 12.3. The lowest BCUT2D eigenvalue weighted by Gasteiger charge is -2.41. The third kappa shape index (κ3) is 1.81. The number of hydrogen-bond donors (Lipinski definition) is 0. The Labute approximate surface area is 114 Å². The van der Waals surface area contributed by atoms with Crippen molar-refractivity contribution in [3.8, 4) is 0 Å². The maximum Gasteiger partial charge on any atom is 0.147 e. The van der Waals surface area contributed by atoms with E-state index in [9.17, 15) is 4.79 Å². The Morgan fingerprint density at radius 2 is 1.21 bits per heavy atom. The molecular weight excluding hydrogens is 232 g/mol. The van der Waals surface area contributed by atoms with Crippen molar-refractivity contribution in [2.24, 2.45) is 0 Å². The third-order valence-corrected chi connectivity index (χ3v) is 4.29. The molecule has 0 heterocycles. The Morgan fingerprint density at radius 3 is 1.47 bits per heavy atom. The van der Waals surface area contributed by atoms with Gasteiger partial charge in [-0.05, 0) is 31.4 Å². The minimum atomic E-state index is -0.388. The maximum atomic E-state index is 12.3. The molecule has 0 saturated heterocycles. The zero-order valence-corrected chi connectivity index (χ0v) is 11.4. The minimum absolute atomic E-state index is 0.347. The van der Waals surface area contributed by atoms with Crippen molar-refractivity contribution in [3.05, 3.63) is 70.8 Å². The van der Waals surface area contributed by atoms with E-state index >= 15 is 0 Å². The molecule has 1 heteroatoms. The number of aryl methyl sites for hydroxylation is 2. The molecule has 3 rings (SSSR count). The van der Waals surface area contributed by atoms with Gasteiger partial charge in [-0.2, -0.15) is 0 Å². The lowest BCUT2D eigenvalue weighted by Crippen LogP contribution is -2.45. The van der Waals surface area contributed by atoms with Gasteiger partial charge in [0.25, 0.3) is 0 Å². The molecule has 1 aliphatic rings. The monoisotopic (exact) mass is 250 g/mol. The van der Waals surface area contributed by atoms with Crippen LogP contribution in [0.15, 0.2) is 48.5 Å². The second kappa shape index (κ2) is 4.34. The summed E-state index contributed by atoms with van der Waals surface area (Å²) in [5, 5.41) is 0. The van der Waals surface area contributed by atoms with E-state index in [1.165, 1.54) is 11.1 Å². The molecule has 1 fully saturated rings. The van der Waals surface area contributed by atoms with Crippen molar-refractivity contribution in [1.82, 2.24) is 0 Å². The summed E-state index contributed by atoms with van der Waals surface area (Å²) in [6.07, 6.45) is 1.62. The van der Waals surface area contributed by atoms with Gasteiger partial charge in [-0.1, -0.05) is 59.7 Å². The molecule has 0 aliphatic heterocycles. The Morgan fingerprint density at radius 1 is 0.789 bits per heavy atom. The van der Waals surface area contributed by atoms with Crippen LogP contribution >= 0.6 is 0 Å². The van der Waals surface area contributed by atoms with E-state index in [1.54, 1.807) is 0 Å². The van der Waals surface area contributed by atoms with Gasteiger partial charge in [-0.25, -0.2) is 0 Å². The summed E-state index contributed by atoms with van der Waals surface area (Å²) in [6, 6.07) is 16.8. The molecule has 0 bridgehead atoms. The number of Topliss-reactive ketones (excluding diaryl/α,β-unsaturated/α-hetero) is 1. The molecule has 2 aromatic carbocycles. The molecule has 1 saturated carbocycles. The summed E-state index contributed by atoms with van der Waals surface area (Å²) in [6.45, 7) is 4.15. The molecule has 2 aromatic rings. The van der Waals surface area contributed by atoms with Crippen LogP contribution in [0.3, 0.4) is 0 Å². The van der Waals surface area contributed by atoms with Gasteiger partial charge >= 0.3 is 0 Å². The number of carbonyl (C=O) groups is 1. The first-order chi connectivity index (χ1) is 9.13. The van der Waals surface area contributed by atoms with Crippen LogP contribution in [0.5, 0.6) is 0 Å². The second-order valence-corrected chi connectivity index (χ2v) is 5.56. The largest absolute Gasteiger partial charge is 0.298 e. The zero-order chi connectivity index (χ0) is 13.5. The standard InChI is InChI=1S/C18H18O/c1-13-3-7-15(8-4-13)18(12-11-17(18)19)16-9-5-14(2)6-10-16/h3-10H,11-12H2,1-2H3. The Hall–Kier alpha value is -1.89. The summed E-state index contributed by atoms with van der Waals surface area (Å²) in [5.41, 5.74) is 4.35. The normalized spacial score (nSPS) is 17.1. The summed E-state index contributed by atoms with van der Waals surface area (Å²) in [7, 11) is 0. The molecule has 0 aromatic heterocycles. The second-order valence-electron chi connectivity index (χ2n) is 5.56. The summed E-state index contributed by atoms with van der Waals surface area (Å²) in [5.74, 6) is 0.347. The van der Waals surface area contributed by atoms with Crippen molar-refractivity contribution in [3.63, 3.8) is 0 Å². The molecule has 0 spiro atoms. The first-order valence-electron chi connectivity index (χ1n) is 6.80. The van der Waals surface area contributed by atoms with Crippen LogP contribution in [0.25, 0.3) is 0 Å². The highest BCUT2D eigenvalue weighted by Gasteiger charge is 2.48. The zero-order valence-electron chi connectivity index (χ0n) is 11.4. The fourth-order valence-corrected chi connectivity index (χ4v) is 2.93. The molecule has 96 valence electrons. The van der Waals surface area contributed by atoms with E-state index in [0.717, 1.165) is 17.5 Å². The smallest absolute Gasteiger partial charge is 0.147 e. The van der Waals surface area contributed by atoms with E-state index in [1.807, 2.05) is 0 Å². The van der Waals surface area contributed by atoms with Gasteiger partial charge in [0, 0.05) is 6.42 Å². The fourth-order valence-electron chi connectivity index (χ4n) is 2.93. The van der Waals surface area contributed by atoms with Crippen LogP contribution in [0, 0.1) is 13.8 Å². The first kappa shape index (κ1) is 12.2. The van der Waals surface area contributed by atoms with E-state index < -0.39 is 0 Å². The Bertz CT molecular complexity index is 560. The van der Waals surface area contributed by atoms with Crippen LogP contribution in [0.1, 0.15) is 35.1 Å². The van der Waals surface area contributed by atoms with Gasteiger partial charge in [-0.3, -0.25) is 4.79 Å². The average molecular weight is 250 g/mol. The van der Waals surface area contributed by atoms with Crippen LogP contribution in [0.4, 0.5) is 0 Å². The van der Waals surface area contributed by atoms with Gasteiger partial charge < -0.3 is 0 Å². The molecule has 1 aliphatic carbocycles. The average Bonchev–Trinajstić information content (AvgIpc) is 2.42. The predicted molar refractivity (Wildman–Crippen MR) is 77.4 cm³/mol. The number of ketones is 1. The van der Waals surface area contributed by atoms with Crippen molar-refractivity contribution >= 4 is 5.78 Å². The number of hydrogen-bond acceptors (Lipinski definition) is 1. The molecule has 1 nitrogen and oxygen atoms in total. The van der Waals surface area contributed by atoms with E-state index in [0.29, 0.717) is 12.2 Å². The van der Waals surface area contributed by atoms with Crippen LogP contribution in [-0.2, 0) is 10.2 Å². The van der Waals surface area contributed by atoms with Gasteiger partial charge in [-0.15, -0.1) is 0 Å². The lowest BCUT2D eigenvalue weighted by atomic mass is 9.59. The highest BCUT2D eigenvalue weighted by Crippen LogP contribution is 2.46. The molecule has 19 heavy (non-hydrogen) atoms. The number of benzene rings is 2. The molecule has 0 unspecified atom stereocenters. The van der Waals surface area contributed by atoms with Crippen molar-refractivity contribution in [2.45, 2.75) is 32.1 Å². The van der Waals surface area contributed by atoms with Crippen LogP contribution < -0.4 is 0 Å². The summed E-state index contributed by atoms with van der Waals surface area (Å²) < 4.78 is 0.